The molecule has 0 bridgehead atoms. The quantitative estimate of drug-likeness (QED) is 0.587. The lowest BCUT2D eigenvalue weighted by molar-refractivity contribution is -0.112. The fourth-order valence-corrected chi connectivity index (χ4v) is 0.918. The van der Waals surface area contributed by atoms with E-state index in [-0.39, 0.29) is 11.8 Å². The van der Waals surface area contributed by atoms with E-state index in [1.165, 1.54) is 0 Å². The van der Waals surface area contributed by atoms with Gasteiger partial charge in [-0.1, -0.05) is 0 Å². The molecule has 0 spiro atoms. The van der Waals surface area contributed by atoms with Gasteiger partial charge in [0.25, 0.3) is 0 Å². The minimum absolute atomic E-state index is 0.152. The summed E-state index contributed by atoms with van der Waals surface area (Å²) in [5.41, 5.74) is 0. The molecular formula is C7H8N2O5. The van der Waals surface area contributed by atoms with Gasteiger partial charge in [-0.25, -0.2) is 0 Å². The molecule has 0 aromatic heterocycles. The Labute approximate surface area is 79.2 Å². The van der Waals surface area contributed by atoms with E-state index in [0.717, 1.165) is 0 Å². The van der Waals surface area contributed by atoms with Crippen molar-refractivity contribution in [1.29, 1.82) is 0 Å². The fourth-order valence-electron chi connectivity index (χ4n) is 0.918. The summed E-state index contributed by atoms with van der Waals surface area (Å²) in [5.74, 6) is -0.870. The molecule has 2 rings (SSSR count). The van der Waals surface area contributed by atoms with E-state index >= 15 is 0 Å². The Morgan fingerprint density at radius 3 is 1.79 bits per heavy atom. The van der Waals surface area contributed by atoms with Crippen LogP contribution >= 0.6 is 0 Å². The molecule has 76 valence electrons. The predicted octanol–water partition coefficient (Wildman–Crippen LogP) is -0.724. The highest BCUT2D eigenvalue weighted by Crippen LogP contribution is 2.01. The Hall–Kier alpha value is -1.79. The van der Waals surface area contributed by atoms with Gasteiger partial charge >= 0.3 is 17.6 Å². The summed E-state index contributed by atoms with van der Waals surface area (Å²) in [6, 6.07) is 0. The Bertz CT molecular complexity index is 270. The van der Waals surface area contributed by atoms with Gasteiger partial charge in [0.05, 0.1) is 0 Å². The van der Waals surface area contributed by atoms with Crippen LogP contribution in [0.2, 0.25) is 0 Å². The number of rotatable bonds is 2. The number of oxime groups is 2. The number of carbonyl (C=O) groups excluding carboxylic acids is 1. The van der Waals surface area contributed by atoms with Crippen molar-refractivity contribution in [3.63, 3.8) is 0 Å². The predicted molar refractivity (Wildman–Crippen MR) is 43.7 cm³/mol. The van der Waals surface area contributed by atoms with Crippen molar-refractivity contribution in [3.8, 4) is 0 Å². The first-order chi connectivity index (χ1) is 6.88. The second kappa shape index (κ2) is 3.95. The van der Waals surface area contributed by atoms with E-state index in [1.807, 2.05) is 0 Å². The fraction of sp³-hybridized carbons (Fsp3) is 0.571. The lowest BCUT2D eigenvalue weighted by atomic mass is 10.4. The third-order valence-corrected chi connectivity index (χ3v) is 1.51. The van der Waals surface area contributed by atoms with Crippen molar-refractivity contribution < 1.29 is 23.9 Å². The molecule has 0 aliphatic carbocycles. The summed E-state index contributed by atoms with van der Waals surface area (Å²) in [5, 5.41) is 6.87. The van der Waals surface area contributed by atoms with Crippen LogP contribution in [0.15, 0.2) is 10.3 Å². The largest absolute Gasteiger partial charge is 0.469 e. The minimum atomic E-state index is -0.565. The smallest absolute Gasteiger partial charge is 0.308 e. The number of hydrogen-bond donors (Lipinski definition) is 0. The summed E-state index contributed by atoms with van der Waals surface area (Å²) in [4.78, 5) is 20.9. The zero-order valence-corrected chi connectivity index (χ0v) is 7.26. The lowest BCUT2D eigenvalue weighted by Crippen LogP contribution is -2.33. The Morgan fingerprint density at radius 1 is 0.929 bits per heavy atom. The summed E-state index contributed by atoms with van der Waals surface area (Å²) in [6.07, 6.45) is 0. The highest BCUT2D eigenvalue weighted by Gasteiger charge is 2.27. The van der Waals surface area contributed by atoms with Crippen LogP contribution in [0, 0.1) is 0 Å². The molecule has 2 heterocycles. The van der Waals surface area contributed by atoms with E-state index in [9.17, 15) is 4.79 Å². The second-order valence-corrected chi connectivity index (χ2v) is 2.49. The first kappa shape index (κ1) is 8.79. The standard InChI is InChI=1S/C7H8N2O5/c10-5(6-8-13-3-1-11-6)7-9-14-4-2-12-7/h1-4H2. The molecule has 7 nitrogen and oxygen atoms in total. The minimum Gasteiger partial charge on any atom is -0.469 e. The number of Topliss-reactive ketones (excluding diaryl/α,β-unsaturated/α-hetero) is 1. The summed E-state index contributed by atoms with van der Waals surface area (Å²) in [6.45, 7) is 1.25. The molecule has 0 N–H and O–H groups in total. The molecule has 14 heavy (non-hydrogen) atoms. The molecule has 2 aliphatic rings. The van der Waals surface area contributed by atoms with Gasteiger partial charge in [-0.15, -0.1) is 0 Å². The molecule has 2 aliphatic heterocycles. The van der Waals surface area contributed by atoms with Crippen LogP contribution in [0.3, 0.4) is 0 Å². The van der Waals surface area contributed by atoms with Gasteiger partial charge in [0, 0.05) is 0 Å². The Balaban J connectivity index is 2.06. The van der Waals surface area contributed by atoms with E-state index in [2.05, 4.69) is 20.0 Å². The van der Waals surface area contributed by atoms with E-state index in [0.29, 0.717) is 26.4 Å². The van der Waals surface area contributed by atoms with Gasteiger partial charge in [0.1, 0.15) is 13.2 Å². The van der Waals surface area contributed by atoms with Crippen molar-refractivity contribution in [2.45, 2.75) is 0 Å². The molecule has 7 heteroatoms. The molecule has 0 aromatic carbocycles. The average Bonchev–Trinajstić information content (AvgIpc) is 2.30. The van der Waals surface area contributed by atoms with Crippen LogP contribution in [0.4, 0.5) is 0 Å². The molecular weight excluding hydrogens is 192 g/mol. The summed E-state index contributed by atoms with van der Waals surface area (Å²) in [7, 11) is 0. The number of ketones is 1. The molecule has 0 saturated carbocycles. The van der Waals surface area contributed by atoms with Crippen LogP contribution in [-0.4, -0.2) is 44.0 Å². The third kappa shape index (κ3) is 1.76. The maximum Gasteiger partial charge on any atom is 0.308 e. The number of carbonyl (C=O) groups is 1. The van der Waals surface area contributed by atoms with Crippen LogP contribution < -0.4 is 0 Å². The molecule has 0 saturated heterocycles. The SMILES string of the molecule is O=C(C1=NOCCO1)C1=NOCCO1. The van der Waals surface area contributed by atoms with Crippen LogP contribution in [-0.2, 0) is 23.9 Å². The third-order valence-electron chi connectivity index (χ3n) is 1.51. The van der Waals surface area contributed by atoms with Crippen molar-refractivity contribution in [3.05, 3.63) is 0 Å². The van der Waals surface area contributed by atoms with Crippen LogP contribution in [0.25, 0.3) is 0 Å². The van der Waals surface area contributed by atoms with E-state index in [4.69, 9.17) is 9.47 Å². The van der Waals surface area contributed by atoms with Crippen molar-refractivity contribution in [2.75, 3.05) is 26.4 Å². The van der Waals surface area contributed by atoms with E-state index < -0.39 is 5.78 Å². The van der Waals surface area contributed by atoms with E-state index in [1.54, 1.807) is 0 Å². The molecule has 0 radical (unpaired) electrons. The number of nitrogens with zero attached hydrogens (tertiary/aromatic N) is 2. The maximum atomic E-state index is 11.5. The monoisotopic (exact) mass is 200 g/mol. The van der Waals surface area contributed by atoms with Gasteiger partial charge in [-0.2, -0.15) is 0 Å². The molecule has 0 aromatic rings. The topological polar surface area (TPSA) is 78.7 Å². The highest BCUT2D eigenvalue weighted by atomic mass is 16.7. The zero-order chi connectivity index (χ0) is 9.80. The lowest BCUT2D eigenvalue weighted by Gasteiger charge is -2.15. The summed E-state index contributed by atoms with van der Waals surface area (Å²) >= 11 is 0. The van der Waals surface area contributed by atoms with Gasteiger partial charge < -0.3 is 19.1 Å². The molecule has 0 atom stereocenters. The van der Waals surface area contributed by atoms with Crippen molar-refractivity contribution in [1.82, 2.24) is 0 Å². The van der Waals surface area contributed by atoms with Crippen LogP contribution in [0.1, 0.15) is 0 Å². The highest BCUT2D eigenvalue weighted by molar-refractivity contribution is 6.62. The second-order valence-electron chi connectivity index (χ2n) is 2.49. The molecule has 0 fully saturated rings. The van der Waals surface area contributed by atoms with Crippen molar-refractivity contribution in [2.24, 2.45) is 10.3 Å². The van der Waals surface area contributed by atoms with Crippen molar-refractivity contribution >= 4 is 17.6 Å². The normalized spacial score (nSPS) is 20.3. The van der Waals surface area contributed by atoms with Gasteiger partial charge in [-0.3, -0.25) is 4.79 Å². The van der Waals surface area contributed by atoms with Gasteiger partial charge in [-0.05, 0) is 10.3 Å². The first-order valence-electron chi connectivity index (χ1n) is 4.08. The van der Waals surface area contributed by atoms with Gasteiger partial charge in [0.2, 0.25) is 0 Å². The Kier molecular flexibility index (Phi) is 2.48. The average molecular weight is 200 g/mol. The Morgan fingerprint density at radius 2 is 1.43 bits per heavy atom. The van der Waals surface area contributed by atoms with Crippen LogP contribution in [0.5, 0.6) is 0 Å². The summed E-state index contributed by atoms with van der Waals surface area (Å²) < 4.78 is 9.90. The number of ether oxygens (including phenoxy) is 2. The maximum absolute atomic E-state index is 11.5. The molecule has 0 amide bonds. The number of hydrogen-bond acceptors (Lipinski definition) is 7. The van der Waals surface area contributed by atoms with Gasteiger partial charge in [0.15, 0.2) is 13.2 Å². The zero-order valence-electron chi connectivity index (χ0n) is 7.26. The first-order valence-corrected chi connectivity index (χ1v) is 4.08. The molecule has 0 unspecified atom stereocenters.